The lowest BCUT2D eigenvalue weighted by Crippen LogP contribution is -2.20. The number of anilines is 2. The van der Waals surface area contributed by atoms with E-state index in [1.165, 1.54) is 12.1 Å². The second-order valence-corrected chi connectivity index (χ2v) is 7.20. The molecule has 2 N–H and O–H groups in total. The third kappa shape index (κ3) is 4.64. The average Bonchev–Trinajstić information content (AvgIpc) is 2.85. The molecule has 0 saturated carbocycles. The molecule has 0 spiro atoms. The Balaban J connectivity index is 1.76. The fourth-order valence-electron chi connectivity index (χ4n) is 2.84. The van der Waals surface area contributed by atoms with Gasteiger partial charge < -0.3 is 10.6 Å². The molecule has 0 aliphatic heterocycles. The Morgan fingerprint density at radius 3 is 2.63 bits per heavy atom. The summed E-state index contributed by atoms with van der Waals surface area (Å²) in [7, 11) is 0. The molecule has 4 nitrogen and oxygen atoms in total. The number of benzene rings is 2. The number of rotatable bonds is 4. The van der Waals surface area contributed by atoms with Gasteiger partial charge in [-0.25, -0.2) is 4.39 Å². The van der Waals surface area contributed by atoms with E-state index in [4.69, 9.17) is 23.8 Å². The summed E-state index contributed by atoms with van der Waals surface area (Å²) < 4.78 is 15.1. The van der Waals surface area contributed by atoms with E-state index in [1.807, 2.05) is 49.7 Å². The highest BCUT2D eigenvalue weighted by Gasteiger charge is 2.14. The van der Waals surface area contributed by atoms with E-state index in [1.54, 1.807) is 6.07 Å². The van der Waals surface area contributed by atoms with Crippen LogP contribution in [0.5, 0.6) is 0 Å². The Morgan fingerprint density at radius 2 is 1.93 bits per heavy atom. The minimum absolute atomic E-state index is 0.355. The third-order valence-electron chi connectivity index (χ3n) is 4.23. The predicted octanol–water partition coefficient (Wildman–Crippen LogP) is 5.46. The predicted molar refractivity (Wildman–Crippen MR) is 113 cm³/mol. The molecule has 0 radical (unpaired) electrons. The molecule has 140 valence electrons. The van der Waals surface area contributed by atoms with Crippen LogP contribution in [-0.2, 0) is 6.54 Å². The number of hydrogen-bond donors (Lipinski definition) is 2. The number of hydrogen-bond acceptors (Lipinski definition) is 2. The van der Waals surface area contributed by atoms with Crippen molar-refractivity contribution in [2.75, 3.05) is 10.6 Å². The highest BCUT2D eigenvalue weighted by Crippen LogP contribution is 2.24. The van der Waals surface area contributed by atoms with Crippen LogP contribution in [0.1, 0.15) is 22.5 Å². The topological polar surface area (TPSA) is 41.9 Å². The molecule has 0 amide bonds. The van der Waals surface area contributed by atoms with Gasteiger partial charge in [0.05, 0.1) is 23.6 Å². The van der Waals surface area contributed by atoms with Gasteiger partial charge in [0, 0.05) is 10.7 Å². The fraction of sp³-hybridized carbons (Fsp3) is 0.200. The van der Waals surface area contributed by atoms with Gasteiger partial charge in [-0.05, 0) is 68.4 Å². The second-order valence-electron chi connectivity index (χ2n) is 6.39. The standard InChI is InChI=1S/C20H20ClFN4S/c1-12-5-4-6-17(9-12)23-20(27)24-19-13(2)25-26(14(19)3)11-15-7-8-16(22)10-18(15)21/h4-10H,11H2,1-3H3,(H2,23,24,27). The molecule has 0 unspecified atom stereocenters. The van der Waals surface area contributed by atoms with E-state index < -0.39 is 0 Å². The molecule has 2 aromatic carbocycles. The zero-order valence-electron chi connectivity index (χ0n) is 15.3. The van der Waals surface area contributed by atoms with Crippen molar-refractivity contribution < 1.29 is 4.39 Å². The largest absolute Gasteiger partial charge is 0.332 e. The minimum atomic E-state index is -0.355. The van der Waals surface area contributed by atoms with Gasteiger partial charge in [0.25, 0.3) is 0 Å². The average molecular weight is 403 g/mol. The van der Waals surface area contributed by atoms with Crippen molar-refractivity contribution in [3.8, 4) is 0 Å². The first-order valence-corrected chi connectivity index (χ1v) is 9.24. The van der Waals surface area contributed by atoms with Crippen LogP contribution in [0.25, 0.3) is 0 Å². The summed E-state index contributed by atoms with van der Waals surface area (Å²) in [6.07, 6.45) is 0. The van der Waals surface area contributed by atoms with Gasteiger partial charge in [0.15, 0.2) is 5.11 Å². The first kappa shape index (κ1) is 19.3. The molecule has 0 bridgehead atoms. The minimum Gasteiger partial charge on any atom is -0.332 e. The molecule has 3 rings (SSSR count). The van der Waals surface area contributed by atoms with Crippen molar-refractivity contribution in [3.05, 3.63) is 75.8 Å². The Hall–Kier alpha value is -2.44. The fourth-order valence-corrected chi connectivity index (χ4v) is 3.29. The van der Waals surface area contributed by atoms with Gasteiger partial charge in [0.2, 0.25) is 0 Å². The molecule has 7 heteroatoms. The molecule has 27 heavy (non-hydrogen) atoms. The lowest BCUT2D eigenvalue weighted by molar-refractivity contribution is 0.622. The summed E-state index contributed by atoms with van der Waals surface area (Å²) in [6, 6.07) is 12.4. The summed E-state index contributed by atoms with van der Waals surface area (Å²) >= 11 is 11.6. The van der Waals surface area contributed by atoms with E-state index >= 15 is 0 Å². The number of nitrogens with one attached hydrogen (secondary N) is 2. The van der Waals surface area contributed by atoms with Crippen molar-refractivity contribution in [3.63, 3.8) is 0 Å². The van der Waals surface area contributed by atoms with Crippen LogP contribution in [0.4, 0.5) is 15.8 Å². The van der Waals surface area contributed by atoms with Gasteiger partial charge in [-0.1, -0.05) is 29.8 Å². The van der Waals surface area contributed by atoms with Crippen molar-refractivity contribution in [1.29, 1.82) is 0 Å². The zero-order chi connectivity index (χ0) is 19.6. The van der Waals surface area contributed by atoms with E-state index in [0.717, 1.165) is 33.9 Å². The van der Waals surface area contributed by atoms with Gasteiger partial charge in [-0.15, -0.1) is 0 Å². The maximum Gasteiger partial charge on any atom is 0.175 e. The summed E-state index contributed by atoms with van der Waals surface area (Å²) in [5.74, 6) is -0.355. The number of aromatic nitrogens is 2. The van der Waals surface area contributed by atoms with E-state index in [0.29, 0.717) is 16.7 Å². The lowest BCUT2D eigenvalue weighted by atomic mass is 10.2. The SMILES string of the molecule is Cc1cccc(NC(=S)Nc2c(C)nn(Cc3ccc(F)cc3Cl)c2C)c1. The molecule has 0 aliphatic rings. The van der Waals surface area contributed by atoms with Gasteiger partial charge in [0.1, 0.15) is 5.82 Å². The first-order chi connectivity index (χ1) is 12.8. The highest BCUT2D eigenvalue weighted by atomic mass is 35.5. The third-order valence-corrected chi connectivity index (χ3v) is 4.79. The van der Waals surface area contributed by atoms with E-state index in [-0.39, 0.29) is 5.82 Å². The van der Waals surface area contributed by atoms with E-state index in [2.05, 4.69) is 15.7 Å². The van der Waals surface area contributed by atoms with Gasteiger partial charge >= 0.3 is 0 Å². The van der Waals surface area contributed by atoms with Crippen molar-refractivity contribution in [2.24, 2.45) is 0 Å². The summed E-state index contributed by atoms with van der Waals surface area (Å²) in [4.78, 5) is 0. The van der Waals surface area contributed by atoms with Gasteiger partial charge in [-0.2, -0.15) is 5.10 Å². The lowest BCUT2D eigenvalue weighted by Gasteiger charge is -2.12. The molecule has 1 heterocycles. The van der Waals surface area contributed by atoms with Crippen LogP contribution in [0.2, 0.25) is 5.02 Å². The quantitative estimate of drug-likeness (QED) is 0.569. The van der Waals surface area contributed by atoms with Crippen molar-refractivity contribution in [2.45, 2.75) is 27.3 Å². The first-order valence-electron chi connectivity index (χ1n) is 8.46. The van der Waals surface area contributed by atoms with Crippen LogP contribution in [0, 0.1) is 26.6 Å². The molecule has 0 aliphatic carbocycles. The second kappa shape index (κ2) is 8.06. The summed E-state index contributed by atoms with van der Waals surface area (Å²) in [6.45, 7) is 6.34. The monoisotopic (exact) mass is 402 g/mol. The van der Waals surface area contributed by atoms with Crippen LogP contribution in [0.15, 0.2) is 42.5 Å². The van der Waals surface area contributed by atoms with Crippen molar-refractivity contribution >= 4 is 40.3 Å². The molecular formula is C20H20ClFN4S. The molecule has 0 fully saturated rings. The molecule has 0 atom stereocenters. The summed E-state index contributed by atoms with van der Waals surface area (Å²) in [5.41, 5.74) is 5.46. The number of thiocarbonyl (C=S) groups is 1. The van der Waals surface area contributed by atoms with Crippen LogP contribution >= 0.6 is 23.8 Å². The maximum atomic E-state index is 13.2. The van der Waals surface area contributed by atoms with Gasteiger partial charge in [-0.3, -0.25) is 4.68 Å². The summed E-state index contributed by atoms with van der Waals surface area (Å²) in [5, 5.41) is 11.8. The molecule has 3 aromatic rings. The Kier molecular flexibility index (Phi) is 5.77. The maximum absolute atomic E-state index is 13.2. The highest BCUT2D eigenvalue weighted by molar-refractivity contribution is 7.80. The number of aryl methyl sites for hydroxylation is 2. The van der Waals surface area contributed by atoms with Crippen LogP contribution in [0.3, 0.4) is 0 Å². The number of nitrogens with zero attached hydrogens (tertiary/aromatic N) is 2. The zero-order valence-corrected chi connectivity index (χ0v) is 16.9. The van der Waals surface area contributed by atoms with Crippen LogP contribution < -0.4 is 10.6 Å². The molecule has 1 aromatic heterocycles. The Morgan fingerprint density at radius 1 is 1.15 bits per heavy atom. The normalized spacial score (nSPS) is 10.7. The van der Waals surface area contributed by atoms with Crippen molar-refractivity contribution in [1.82, 2.24) is 9.78 Å². The van der Waals surface area contributed by atoms with E-state index in [9.17, 15) is 4.39 Å². The number of halogens is 2. The smallest absolute Gasteiger partial charge is 0.175 e. The Labute approximate surface area is 168 Å². The molecule has 0 saturated heterocycles. The Bertz CT molecular complexity index is 1000. The molecular weight excluding hydrogens is 383 g/mol. The van der Waals surface area contributed by atoms with Crippen LogP contribution in [-0.4, -0.2) is 14.9 Å².